The summed E-state index contributed by atoms with van der Waals surface area (Å²) in [5.41, 5.74) is -1.07. The molecule has 1 aromatic heterocycles. The van der Waals surface area contributed by atoms with Crippen LogP contribution in [0.1, 0.15) is 21.7 Å². The molecule has 7 heteroatoms. The zero-order chi connectivity index (χ0) is 15.2. The number of carbonyl (C=O) groups is 2. The number of Topliss-reactive ketones (excluding diaryl/α,β-unsaturated/α-hetero) is 1. The molecule has 0 spiro atoms. The highest BCUT2D eigenvalue weighted by atomic mass is 79.9. The predicted octanol–water partition coefficient (Wildman–Crippen LogP) is 3.58. The number of rotatable bonds is 3. The van der Waals surface area contributed by atoms with Gasteiger partial charge >= 0.3 is 0 Å². The lowest BCUT2D eigenvalue weighted by Crippen LogP contribution is -2.36. The van der Waals surface area contributed by atoms with Crippen molar-refractivity contribution in [3.63, 3.8) is 0 Å². The monoisotopic (exact) mass is 385 g/mol. The molecule has 1 aromatic carbocycles. The van der Waals surface area contributed by atoms with E-state index in [1.807, 2.05) is 0 Å². The molecule has 0 saturated heterocycles. The topological polar surface area (TPSA) is 66.4 Å². The molecule has 1 aliphatic rings. The number of anilines is 1. The van der Waals surface area contributed by atoms with Crippen molar-refractivity contribution in [3.8, 4) is 0 Å². The van der Waals surface area contributed by atoms with Crippen molar-refractivity contribution in [2.45, 2.75) is 12.0 Å². The van der Waals surface area contributed by atoms with Gasteiger partial charge in [0.15, 0.2) is 11.4 Å². The molecule has 1 aliphatic heterocycles. The van der Waals surface area contributed by atoms with Gasteiger partial charge in [-0.25, -0.2) is 0 Å². The number of carbonyl (C=O) groups excluding carboxylic acids is 2. The van der Waals surface area contributed by atoms with Gasteiger partial charge in [0.25, 0.3) is 5.91 Å². The molecule has 2 heterocycles. The molecule has 108 valence electrons. The second-order valence-electron chi connectivity index (χ2n) is 4.71. The zero-order valence-corrected chi connectivity index (χ0v) is 13.7. The Bertz CT molecular complexity index is 760. The van der Waals surface area contributed by atoms with Gasteiger partial charge < -0.3 is 10.4 Å². The second-order valence-corrected chi connectivity index (χ2v) is 7.61. The maximum atomic E-state index is 12.3. The maximum Gasteiger partial charge on any atom is 0.261 e. The third kappa shape index (κ3) is 2.53. The Labute approximate surface area is 137 Å². The summed E-state index contributed by atoms with van der Waals surface area (Å²) < 4.78 is 0.817. The standard InChI is InChI=1S/C14H9BrClNO3S/c15-12-4-3-11(21-12)10(18)6-14(20)8-5-7(16)1-2-9(8)17-13(14)19/h1-5,20H,6H2,(H,17,19)/t14-/m0/s1. The van der Waals surface area contributed by atoms with Gasteiger partial charge in [0.2, 0.25) is 0 Å². The normalized spacial score (nSPS) is 20.2. The summed E-state index contributed by atoms with van der Waals surface area (Å²) in [6.45, 7) is 0. The molecule has 21 heavy (non-hydrogen) atoms. The molecule has 0 aliphatic carbocycles. The summed E-state index contributed by atoms with van der Waals surface area (Å²) in [5, 5.41) is 13.6. The van der Waals surface area contributed by atoms with E-state index >= 15 is 0 Å². The van der Waals surface area contributed by atoms with Crippen LogP contribution < -0.4 is 5.32 Å². The van der Waals surface area contributed by atoms with Crippen LogP contribution in [0, 0.1) is 0 Å². The molecule has 3 rings (SSSR count). The van der Waals surface area contributed by atoms with Crippen LogP contribution in [0.4, 0.5) is 5.69 Å². The largest absolute Gasteiger partial charge is 0.375 e. The molecule has 0 fully saturated rings. The summed E-state index contributed by atoms with van der Waals surface area (Å²) in [6.07, 6.45) is -0.320. The Morgan fingerprint density at radius 1 is 1.38 bits per heavy atom. The Kier molecular flexibility index (Phi) is 3.65. The van der Waals surface area contributed by atoms with Gasteiger partial charge in [0, 0.05) is 16.3 Å². The summed E-state index contributed by atoms with van der Waals surface area (Å²) in [7, 11) is 0. The third-order valence-corrected chi connectivity index (χ3v) is 5.22. The van der Waals surface area contributed by atoms with Crippen molar-refractivity contribution < 1.29 is 14.7 Å². The minimum absolute atomic E-state index is 0.295. The number of halogens is 2. The van der Waals surface area contributed by atoms with E-state index in [1.54, 1.807) is 24.3 Å². The molecule has 1 atom stereocenters. The summed E-state index contributed by atoms with van der Waals surface area (Å²) in [4.78, 5) is 24.8. The van der Waals surface area contributed by atoms with Gasteiger partial charge in [-0.1, -0.05) is 11.6 Å². The van der Waals surface area contributed by atoms with Gasteiger partial charge in [0.05, 0.1) is 15.1 Å². The first-order valence-electron chi connectivity index (χ1n) is 6.02. The van der Waals surface area contributed by atoms with E-state index in [1.165, 1.54) is 17.4 Å². The predicted molar refractivity (Wildman–Crippen MR) is 84.9 cm³/mol. The fraction of sp³-hybridized carbons (Fsp3) is 0.143. The van der Waals surface area contributed by atoms with Crippen molar-refractivity contribution in [1.82, 2.24) is 0 Å². The lowest BCUT2D eigenvalue weighted by Gasteiger charge is -2.19. The highest BCUT2D eigenvalue weighted by molar-refractivity contribution is 9.11. The van der Waals surface area contributed by atoms with Crippen LogP contribution in [0.3, 0.4) is 0 Å². The van der Waals surface area contributed by atoms with Crippen molar-refractivity contribution >= 4 is 56.2 Å². The highest BCUT2D eigenvalue weighted by Gasteiger charge is 2.47. The van der Waals surface area contributed by atoms with Crippen molar-refractivity contribution in [2.75, 3.05) is 5.32 Å². The van der Waals surface area contributed by atoms with Gasteiger partial charge in [0.1, 0.15) is 0 Å². The number of nitrogens with one attached hydrogen (secondary N) is 1. The zero-order valence-electron chi connectivity index (χ0n) is 10.5. The smallest absolute Gasteiger partial charge is 0.261 e. The average Bonchev–Trinajstić information content (AvgIpc) is 2.95. The van der Waals surface area contributed by atoms with Crippen LogP contribution in [0.15, 0.2) is 34.1 Å². The molecule has 0 radical (unpaired) electrons. The first kappa shape index (κ1) is 14.7. The quantitative estimate of drug-likeness (QED) is 0.793. The number of benzene rings is 1. The average molecular weight is 387 g/mol. The SMILES string of the molecule is O=C(C[C@@]1(O)C(=O)Nc2ccc(Cl)cc21)c1ccc(Br)s1. The van der Waals surface area contributed by atoms with Crippen LogP contribution in [0.25, 0.3) is 0 Å². The third-order valence-electron chi connectivity index (χ3n) is 3.32. The minimum atomic E-state index is -1.88. The van der Waals surface area contributed by atoms with Crippen LogP contribution in [0.2, 0.25) is 5.02 Å². The number of amides is 1. The summed E-state index contributed by atoms with van der Waals surface area (Å²) in [6, 6.07) is 8.14. The van der Waals surface area contributed by atoms with Gasteiger partial charge in [-0.2, -0.15) is 0 Å². The molecule has 2 aromatic rings. The second kappa shape index (κ2) is 5.21. The number of hydrogen-bond donors (Lipinski definition) is 2. The maximum absolute atomic E-state index is 12.3. The Morgan fingerprint density at radius 2 is 2.14 bits per heavy atom. The Balaban J connectivity index is 1.96. The first-order valence-corrected chi connectivity index (χ1v) is 8.01. The fourth-order valence-electron chi connectivity index (χ4n) is 2.27. The number of aliphatic hydroxyl groups is 1. The molecule has 2 N–H and O–H groups in total. The van der Waals surface area contributed by atoms with E-state index in [-0.39, 0.29) is 12.2 Å². The van der Waals surface area contributed by atoms with Crippen LogP contribution in [-0.4, -0.2) is 16.8 Å². The van der Waals surface area contributed by atoms with E-state index in [9.17, 15) is 14.7 Å². The van der Waals surface area contributed by atoms with E-state index in [2.05, 4.69) is 21.2 Å². The summed E-state index contributed by atoms with van der Waals surface area (Å²) >= 11 is 10.5. The van der Waals surface area contributed by atoms with Gasteiger partial charge in [-0.15, -0.1) is 11.3 Å². The van der Waals surface area contributed by atoms with Crippen molar-refractivity contribution in [1.29, 1.82) is 0 Å². The van der Waals surface area contributed by atoms with Crippen LogP contribution in [0.5, 0.6) is 0 Å². The number of fused-ring (bicyclic) bond motifs is 1. The molecule has 4 nitrogen and oxygen atoms in total. The van der Waals surface area contributed by atoms with E-state index in [0.717, 1.165) is 3.79 Å². The summed E-state index contributed by atoms with van der Waals surface area (Å²) in [5.74, 6) is -0.903. The molecule has 0 unspecified atom stereocenters. The minimum Gasteiger partial charge on any atom is -0.375 e. The Hall–Kier alpha value is -1.21. The van der Waals surface area contributed by atoms with E-state index < -0.39 is 11.5 Å². The number of ketones is 1. The molecule has 1 amide bonds. The number of thiophene rings is 1. The van der Waals surface area contributed by atoms with Gasteiger partial charge in [-0.05, 0) is 46.3 Å². The Morgan fingerprint density at radius 3 is 2.81 bits per heavy atom. The molecular formula is C14H9BrClNO3S. The lowest BCUT2D eigenvalue weighted by molar-refractivity contribution is -0.133. The fourth-order valence-corrected chi connectivity index (χ4v) is 3.77. The molecule has 0 bridgehead atoms. The molecule has 0 saturated carbocycles. The van der Waals surface area contributed by atoms with Crippen molar-refractivity contribution in [2.24, 2.45) is 0 Å². The van der Waals surface area contributed by atoms with E-state index in [0.29, 0.717) is 21.2 Å². The van der Waals surface area contributed by atoms with Crippen molar-refractivity contribution in [3.05, 3.63) is 49.6 Å². The highest BCUT2D eigenvalue weighted by Crippen LogP contribution is 2.40. The lowest BCUT2D eigenvalue weighted by atomic mass is 9.89. The van der Waals surface area contributed by atoms with Crippen LogP contribution >= 0.6 is 38.9 Å². The first-order chi connectivity index (χ1) is 9.90. The van der Waals surface area contributed by atoms with Crippen LogP contribution in [-0.2, 0) is 10.4 Å². The van der Waals surface area contributed by atoms with Gasteiger partial charge in [-0.3, -0.25) is 9.59 Å². The molecular weight excluding hydrogens is 378 g/mol. The number of hydrogen-bond acceptors (Lipinski definition) is 4. The van der Waals surface area contributed by atoms with E-state index in [4.69, 9.17) is 11.6 Å².